The number of Topliss-reactive ketones (excluding diaryl/α,β-unsaturated/α-hetero) is 1. The lowest BCUT2D eigenvalue weighted by molar-refractivity contribution is 0.0942. The first-order valence-corrected chi connectivity index (χ1v) is 6.98. The maximum Gasteiger partial charge on any atom is 0.176 e. The van der Waals surface area contributed by atoms with Crippen LogP contribution in [-0.2, 0) is 0 Å². The van der Waals surface area contributed by atoms with Crippen LogP contribution in [0.3, 0.4) is 0 Å². The number of hydrogen-bond donors (Lipinski definition) is 0. The van der Waals surface area contributed by atoms with E-state index in [1.165, 1.54) is 0 Å². The Hall–Kier alpha value is -1.06. The molecule has 19 heavy (non-hydrogen) atoms. The van der Waals surface area contributed by atoms with Crippen LogP contribution < -0.4 is 4.74 Å². The van der Waals surface area contributed by atoms with E-state index in [0.717, 1.165) is 13.1 Å². The second kappa shape index (κ2) is 5.93. The lowest BCUT2D eigenvalue weighted by Gasteiger charge is -2.14. The van der Waals surface area contributed by atoms with Gasteiger partial charge in [-0.25, -0.2) is 0 Å². The summed E-state index contributed by atoms with van der Waals surface area (Å²) in [7, 11) is 1.57. The maximum atomic E-state index is 12.2. The molecule has 1 aliphatic rings. The van der Waals surface area contributed by atoms with Crippen LogP contribution >= 0.6 is 11.6 Å². The van der Waals surface area contributed by atoms with E-state index in [4.69, 9.17) is 16.3 Å². The number of ketones is 1. The summed E-state index contributed by atoms with van der Waals surface area (Å²) in [5.41, 5.74) is 0.651. The summed E-state index contributed by atoms with van der Waals surface area (Å²) in [6.45, 7) is 6.93. The van der Waals surface area contributed by atoms with Gasteiger partial charge in [0, 0.05) is 18.7 Å². The van der Waals surface area contributed by atoms with Crippen molar-refractivity contribution in [3.63, 3.8) is 0 Å². The van der Waals surface area contributed by atoms with E-state index < -0.39 is 0 Å². The first kappa shape index (κ1) is 14.4. The normalized spacial score (nSPS) is 23.6. The predicted molar refractivity (Wildman–Crippen MR) is 77.1 cm³/mol. The van der Waals surface area contributed by atoms with E-state index >= 15 is 0 Å². The zero-order valence-electron chi connectivity index (χ0n) is 11.6. The first-order valence-electron chi connectivity index (χ1n) is 6.60. The quantitative estimate of drug-likeness (QED) is 0.794. The van der Waals surface area contributed by atoms with E-state index in [1.807, 2.05) is 0 Å². The third kappa shape index (κ3) is 3.28. The van der Waals surface area contributed by atoms with Gasteiger partial charge in [0.25, 0.3) is 0 Å². The molecule has 0 aliphatic carbocycles. The fourth-order valence-electron chi connectivity index (χ4n) is 2.51. The summed E-state index contributed by atoms with van der Waals surface area (Å²) in [5.74, 6) is 2.03. The van der Waals surface area contributed by atoms with Crippen LogP contribution in [0.2, 0.25) is 5.02 Å². The highest BCUT2D eigenvalue weighted by Gasteiger charge is 2.27. The number of rotatable bonds is 4. The van der Waals surface area contributed by atoms with Gasteiger partial charge in [0.1, 0.15) is 5.75 Å². The molecule has 2 unspecified atom stereocenters. The summed E-state index contributed by atoms with van der Waals surface area (Å²) < 4.78 is 5.09. The van der Waals surface area contributed by atoms with Crippen LogP contribution in [-0.4, -0.2) is 37.4 Å². The molecule has 1 heterocycles. The fraction of sp³-hybridized carbons (Fsp3) is 0.533. The zero-order chi connectivity index (χ0) is 14.0. The van der Waals surface area contributed by atoms with Crippen LogP contribution in [0, 0.1) is 11.8 Å². The number of nitrogens with zero attached hydrogens (tertiary/aromatic N) is 1. The molecule has 2 atom stereocenters. The number of carbonyl (C=O) groups excluding carboxylic acids is 1. The van der Waals surface area contributed by atoms with E-state index in [9.17, 15) is 4.79 Å². The standard InChI is InChI=1S/C15H20ClNO2/c1-10-7-17(8-11(10)2)9-14(18)12-4-5-15(19-3)13(16)6-12/h4-6,10-11H,7-9H2,1-3H3. The molecule has 0 spiro atoms. The van der Waals surface area contributed by atoms with E-state index in [0.29, 0.717) is 34.7 Å². The van der Waals surface area contributed by atoms with Crippen molar-refractivity contribution in [2.45, 2.75) is 13.8 Å². The smallest absolute Gasteiger partial charge is 0.176 e. The highest BCUT2D eigenvalue weighted by Crippen LogP contribution is 2.26. The molecule has 1 fully saturated rings. The molecule has 1 aromatic rings. The van der Waals surface area contributed by atoms with Gasteiger partial charge in [0.2, 0.25) is 0 Å². The molecule has 0 radical (unpaired) electrons. The van der Waals surface area contributed by atoms with Crippen molar-refractivity contribution < 1.29 is 9.53 Å². The SMILES string of the molecule is COc1ccc(C(=O)CN2CC(C)C(C)C2)cc1Cl. The highest BCUT2D eigenvalue weighted by atomic mass is 35.5. The molecule has 1 saturated heterocycles. The summed E-state index contributed by atoms with van der Waals surface area (Å²) in [6.07, 6.45) is 0. The van der Waals surface area contributed by atoms with E-state index in [2.05, 4.69) is 18.7 Å². The molecule has 2 rings (SSSR count). The fourth-order valence-corrected chi connectivity index (χ4v) is 2.77. The van der Waals surface area contributed by atoms with Crippen LogP contribution in [0.1, 0.15) is 24.2 Å². The number of carbonyl (C=O) groups is 1. The second-order valence-corrected chi connectivity index (χ2v) is 5.83. The monoisotopic (exact) mass is 281 g/mol. The number of halogens is 1. The van der Waals surface area contributed by atoms with Crippen molar-refractivity contribution in [1.29, 1.82) is 0 Å². The van der Waals surface area contributed by atoms with Crippen LogP contribution in [0.25, 0.3) is 0 Å². The van der Waals surface area contributed by atoms with Crippen molar-refractivity contribution in [2.75, 3.05) is 26.7 Å². The zero-order valence-corrected chi connectivity index (χ0v) is 12.4. The molecule has 104 valence electrons. The highest BCUT2D eigenvalue weighted by molar-refractivity contribution is 6.32. The third-order valence-electron chi connectivity index (χ3n) is 3.90. The minimum absolute atomic E-state index is 0.117. The van der Waals surface area contributed by atoms with Gasteiger partial charge < -0.3 is 4.74 Å². The van der Waals surface area contributed by atoms with Gasteiger partial charge in [-0.15, -0.1) is 0 Å². The van der Waals surface area contributed by atoms with Crippen LogP contribution in [0.15, 0.2) is 18.2 Å². The van der Waals surface area contributed by atoms with Gasteiger partial charge in [-0.1, -0.05) is 25.4 Å². The van der Waals surface area contributed by atoms with Crippen molar-refractivity contribution in [1.82, 2.24) is 4.90 Å². The molecule has 1 aromatic carbocycles. The van der Waals surface area contributed by atoms with Gasteiger partial charge in [0.05, 0.1) is 18.7 Å². The molecular formula is C15H20ClNO2. The number of ether oxygens (including phenoxy) is 1. The maximum absolute atomic E-state index is 12.2. The lowest BCUT2D eigenvalue weighted by Crippen LogP contribution is -2.28. The molecule has 0 aromatic heterocycles. The van der Waals surface area contributed by atoms with Crippen molar-refractivity contribution in [3.05, 3.63) is 28.8 Å². The Labute approximate surface area is 119 Å². The Morgan fingerprint density at radius 1 is 1.37 bits per heavy atom. The minimum Gasteiger partial charge on any atom is -0.495 e. The number of likely N-dealkylation sites (tertiary alicyclic amines) is 1. The number of benzene rings is 1. The Morgan fingerprint density at radius 2 is 2.00 bits per heavy atom. The van der Waals surface area contributed by atoms with Gasteiger partial charge in [-0.2, -0.15) is 0 Å². The average molecular weight is 282 g/mol. The Kier molecular flexibility index (Phi) is 4.48. The lowest BCUT2D eigenvalue weighted by atomic mass is 10.0. The Balaban J connectivity index is 2.02. The summed E-state index contributed by atoms with van der Waals surface area (Å²) in [4.78, 5) is 14.4. The third-order valence-corrected chi connectivity index (χ3v) is 4.20. The molecule has 0 bridgehead atoms. The van der Waals surface area contributed by atoms with Gasteiger partial charge >= 0.3 is 0 Å². The summed E-state index contributed by atoms with van der Waals surface area (Å²) >= 11 is 6.05. The van der Waals surface area contributed by atoms with Crippen molar-refractivity contribution >= 4 is 17.4 Å². The summed E-state index contributed by atoms with van der Waals surface area (Å²) in [6, 6.07) is 5.20. The van der Waals surface area contributed by atoms with Crippen molar-refractivity contribution in [2.24, 2.45) is 11.8 Å². The number of hydrogen-bond acceptors (Lipinski definition) is 3. The minimum atomic E-state index is 0.117. The molecule has 0 amide bonds. The van der Waals surface area contributed by atoms with E-state index in [1.54, 1.807) is 25.3 Å². The largest absolute Gasteiger partial charge is 0.495 e. The Bertz CT molecular complexity index is 465. The van der Waals surface area contributed by atoms with Gasteiger partial charge in [0.15, 0.2) is 5.78 Å². The molecule has 0 saturated carbocycles. The van der Waals surface area contributed by atoms with Gasteiger partial charge in [-0.3, -0.25) is 9.69 Å². The molecule has 0 N–H and O–H groups in total. The molecule has 3 nitrogen and oxygen atoms in total. The average Bonchev–Trinajstić information content (AvgIpc) is 2.68. The number of methoxy groups -OCH3 is 1. The summed E-state index contributed by atoms with van der Waals surface area (Å²) in [5, 5.41) is 0.483. The topological polar surface area (TPSA) is 29.5 Å². The second-order valence-electron chi connectivity index (χ2n) is 5.42. The van der Waals surface area contributed by atoms with Crippen LogP contribution in [0.4, 0.5) is 0 Å². The molecule has 1 aliphatic heterocycles. The van der Waals surface area contributed by atoms with Gasteiger partial charge in [-0.05, 0) is 30.0 Å². The van der Waals surface area contributed by atoms with E-state index in [-0.39, 0.29) is 5.78 Å². The molecular weight excluding hydrogens is 262 g/mol. The van der Waals surface area contributed by atoms with Crippen molar-refractivity contribution in [3.8, 4) is 5.75 Å². The predicted octanol–water partition coefficient (Wildman–Crippen LogP) is 3.12. The van der Waals surface area contributed by atoms with Crippen LogP contribution in [0.5, 0.6) is 5.75 Å². The molecule has 4 heteroatoms. The first-order chi connectivity index (χ1) is 9.01. The Morgan fingerprint density at radius 3 is 2.53 bits per heavy atom.